The van der Waals surface area contributed by atoms with Gasteiger partial charge in [0, 0.05) is 26.6 Å². The summed E-state index contributed by atoms with van der Waals surface area (Å²) < 4.78 is 10.8. The summed E-state index contributed by atoms with van der Waals surface area (Å²) in [7, 11) is 1.54. The number of carbonyl (C=O) groups is 3. The number of rotatable bonds is 9. The number of methoxy groups -OCH3 is 1. The summed E-state index contributed by atoms with van der Waals surface area (Å²) >= 11 is 1.48. The fourth-order valence-electron chi connectivity index (χ4n) is 3.28. The van der Waals surface area contributed by atoms with Gasteiger partial charge in [-0.3, -0.25) is 19.3 Å². The highest BCUT2D eigenvalue weighted by molar-refractivity contribution is 7.13. The lowest BCUT2D eigenvalue weighted by Crippen LogP contribution is -2.38. The Morgan fingerprint density at radius 2 is 1.87 bits per heavy atom. The van der Waals surface area contributed by atoms with E-state index >= 15 is 0 Å². The van der Waals surface area contributed by atoms with E-state index in [1.165, 1.54) is 16.2 Å². The van der Waals surface area contributed by atoms with E-state index in [0.717, 1.165) is 9.78 Å². The van der Waals surface area contributed by atoms with Gasteiger partial charge in [-0.2, -0.15) is 0 Å². The van der Waals surface area contributed by atoms with Crippen molar-refractivity contribution in [2.24, 2.45) is 0 Å². The molecule has 0 aliphatic carbocycles. The second kappa shape index (κ2) is 9.19. The second-order valence-corrected chi connectivity index (χ2v) is 7.79. The first-order chi connectivity index (χ1) is 15.1. The van der Waals surface area contributed by atoms with E-state index in [-0.39, 0.29) is 37.2 Å². The van der Waals surface area contributed by atoms with Crippen molar-refractivity contribution in [3.63, 3.8) is 0 Å². The van der Waals surface area contributed by atoms with Crippen LogP contribution in [0.1, 0.15) is 33.0 Å². The van der Waals surface area contributed by atoms with Gasteiger partial charge >= 0.3 is 0 Å². The predicted octanol–water partition coefficient (Wildman–Crippen LogP) is 2.46. The zero-order valence-corrected chi connectivity index (χ0v) is 17.6. The zero-order valence-electron chi connectivity index (χ0n) is 16.8. The third-order valence-electron chi connectivity index (χ3n) is 4.87. The van der Waals surface area contributed by atoms with Crippen LogP contribution in [0.2, 0.25) is 0 Å². The van der Waals surface area contributed by atoms with Gasteiger partial charge in [-0.15, -0.1) is 21.5 Å². The Labute approximate surface area is 182 Å². The summed E-state index contributed by atoms with van der Waals surface area (Å²) in [5.74, 6) is -0.308. The molecule has 0 saturated heterocycles. The molecule has 10 heteroatoms. The average Bonchev–Trinajstić information content (AvgIpc) is 3.52. The first-order valence-corrected chi connectivity index (χ1v) is 10.5. The maximum Gasteiger partial charge on any atom is 0.261 e. The third-order valence-corrected chi connectivity index (χ3v) is 5.73. The molecule has 0 spiro atoms. The van der Waals surface area contributed by atoms with Gasteiger partial charge < -0.3 is 14.1 Å². The summed E-state index contributed by atoms with van der Waals surface area (Å²) in [4.78, 5) is 41.3. The van der Waals surface area contributed by atoms with Crippen LogP contribution in [0.25, 0.3) is 10.8 Å². The lowest BCUT2D eigenvalue weighted by atomic mass is 10.1. The molecule has 0 radical (unpaired) electrons. The molecular formula is C21H20N4O5S. The van der Waals surface area contributed by atoms with Crippen LogP contribution >= 0.6 is 11.3 Å². The van der Waals surface area contributed by atoms with Gasteiger partial charge in [-0.1, -0.05) is 18.2 Å². The SMILES string of the molecule is COCCN(Cc1nnc(-c2cccs2)o1)C(=O)CCN1C(=O)c2ccccc2C1=O. The summed E-state index contributed by atoms with van der Waals surface area (Å²) in [5.41, 5.74) is 0.728. The fourth-order valence-corrected chi connectivity index (χ4v) is 3.93. The van der Waals surface area contributed by atoms with E-state index in [9.17, 15) is 14.4 Å². The number of hydrogen-bond donors (Lipinski definition) is 0. The average molecular weight is 440 g/mol. The van der Waals surface area contributed by atoms with Gasteiger partial charge in [0.2, 0.25) is 11.8 Å². The number of ether oxygens (including phenoxy) is 1. The number of amides is 3. The van der Waals surface area contributed by atoms with Crippen LogP contribution in [-0.4, -0.2) is 64.5 Å². The molecule has 160 valence electrons. The number of hydrogen-bond acceptors (Lipinski definition) is 8. The molecular weight excluding hydrogens is 420 g/mol. The molecule has 3 aromatic rings. The van der Waals surface area contributed by atoms with Gasteiger partial charge in [-0.25, -0.2) is 0 Å². The van der Waals surface area contributed by atoms with Crippen molar-refractivity contribution >= 4 is 29.1 Å². The number of aromatic nitrogens is 2. The van der Waals surface area contributed by atoms with E-state index < -0.39 is 0 Å². The Morgan fingerprint density at radius 1 is 1.13 bits per heavy atom. The standard InChI is InChI=1S/C21H20N4O5S/c1-29-11-10-24(13-17-22-23-19(30-17)16-7-4-12-31-16)18(26)8-9-25-20(27)14-5-2-3-6-15(14)21(25)28/h2-7,12H,8-11,13H2,1H3. The largest absolute Gasteiger partial charge is 0.418 e. The van der Waals surface area contributed by atoms with Gasteiger partial charge in [0.1, 0.15) is 0 Å². The molecule has 3 heterocycles. The van der Waals surface area contributed by atoms with Gasteiger partial charge in [-0.05, 0) is 23.6 Å². The first kappa shape index (κ1) is 20.9. The third kappa shape index (κ3) is 4.39. The van der Waals surface area contributed by atoms with Gasteiger partial charge in [0.25, 0.3) is 17.7 Å². The molecule has 0 N–H and O–H groups in total. The highest BCUT2D eigenvalue weighted by Gasteiger charge is 2.35. The number of thiophene rings is 1. The maximum atomic E-state index is 12.9. The molecule has 0 fully saturated rings. The summed E-state index contributed by atoms with van der Waals surface area (Å²) in [5, 5.41) is 9.97. The van der Waals surface area contributed by atoms with Crippen LogP contribution < -0.4 is 0 Å². The van der Waals surface area contributed by atoms with Crippen molar-refractivity contribution in [2.75, 3.05) is 26.8 Å². The topological polar surface area (TPSA) is 106 Å². The van der Waals surface area contributed by atoms with E-state index in [4.69, 9.17) is 9.15 Å². The Bertz CT molecular complexity index is 1060. The maximum absolute atomic E-state index is 12.9. The number of nitrogens with zero attached hydrogens (tertiary/aromatic N) is 4. The summed E-state index contributed by atoms with van der Waals surface area (Å²) in [6.07, 6.45) is -0.0128. The Balaban J connectivity index is 1.41. The normalized spacial score (nSPS) is 13.0. The second-order valence-electron chi connectivity index (χ2n) is 6.84. The highest BCUT2D eigenvalue weighted by Crippen LogP contribution is 2.24. The minimum absolute atomic E-state index is 0.00105. The number of fused-ring (bicyclic) bond motifs is 1. The first-order valence-electron chi connectivity index (χ1n) is 9.66. The molecule has 1 aliphatic rings. The summed E-state index contributed by atoms with van der Waals surface area (Å²) in [6, 6.07) is 10.4. The monoisotopic (exact) mass is 440 g/mol. The van der Waals surface area contributed by atoms with Crippen LogP contribution in [-0.2, 0) is 16.1 Å². The van der Waals surface area contributed by atoms with Crippen LogP contribution in [0.5, 0.6) is 0 Å². The van der Waals surface area contributed by atoms with Crippen molar-refractivity contribution in [1.82, 2.24) is 20.0 Å². The molecule has 0 atom stereocenters. The molecule has 31 heavy (non-hydrogen) atoms. The molecule has 4 rings (SSSR count). The molecule has 0 saturated carbocycles. The molecule has 0 bridgehead atoms. The van der Waals surface area contributed by atoms with Crippen molar-refractivity contribution in [2.45, 2.75) is 13.0 Å². The quantitative estimate of drug-likeness (QED) is 0.471. The zero-order chi connectivity index (χ0) is 21.8. The Hall–Kier alpha value is -3.37. The van der Waals surface area contributed by atoms with Crippen molar-refractivity contribution in [1.29, 1.82) is 0 Å². The lowest BCUT2D eigenvalue weighted by molar-refractivity contribution is -0.132. The smallest absolute Gasteiger partial charge is 0.261 e. The van der Waals surface area contributed by atoms with Crippen molar-refractivity contribution in [3.05, 3.63) is 58.8 Å². The van der Waals surface area contributed by atoms with Gasteiger partial charge in [0.15, 0.2) is 0 Å². The lowest BCUT2D eigenvalue weighted by Gasteiger charge is -2.22. The Kier molecular flexibility index (Phi) is 6.19. The molecule has 2 aromatic heterocycles. The van der Waals surface area contributed by atoms with Crippen LogP contribution in [0.3, 0.4) is 0 Å². The molecule has 9 nitrogen and oxygen atoms in total. The minimum atomic E-state index is -0.380. The Morgan fingerprint density at radius 3 is 2.52 bits per heavy atom. The van der Waals surface area contributed by atoms with Crippen molar-refractivity contribution in [3.8, 4) is 10.8 Å². The van der Waals surface area contributed by atoms with Crippen LogP contribution in [0.4, 0.5) is 0 Å². The predicted molar refractivity (Wildman–Crippen MR) is 111 cm³/mol. The number of benzene rings is 1. The minimum Gasteiger partial charge on any atom is -0.418 e. The fraction of sp³-hybridized carbons (Fsp3) is 0.286. The number of imide groups is 1. The molecule has 1 aromatic carbocycles. The van der Waals surface area contributed by atoms with E-state index in [1.54, 1.807) is 31.4 Å². The summed E-state index contributed by atoms with van der Waals surface area (Å²) in [6.45, 7) is 0.750. The van der Waals surface area contributed by atoms with E-state index in [2.05, 4.69) is 10.2 Å². The molecule has 0 unspecified atom stereocenters. The van der Waals surface area contributed by atoms with Crippen LogP contribution in [0.15, 0.2) is 46.2 Å². The van der Waals surface area contributed by atoms with E-state index in [1.807, 2.05) is 17.5 Å². The molecule has 1 aliphatic heterocycles. The van der Waals surface area contributed by atoms with Crippen LogP contribution in [0, 0.1) is 0 Å². The van der Waals surface area contributed by atoms with E-state index in [0.29, 0.717) is 36.1 Å². The number of carbonyl (C=O) groups excluding carboxylic acids is 3. The van der Waals surface area contributed by atoms with Gasteiger partial charge in [0.05, 0.1) is 29.2 Å². The molecule has 3 amide bonds. The van der Waals surface area contributed by atoms with Crippen molar-refractivity contribution < 1.29 is 23.5 Å². The highest BCUT2D eigenvalue weighted by atomic mass is 32.1.